The molecule has 0 radical (unpaired) electrons. The first-order valence-corrected chi connectivity index (χ1v) is 6.83. The maximum absolute atomic E-state index is 13.2. The molecule has 0 bridgehead atoms. The lowest BCUT2D eigenvalue weighted by Crippen LogP contribution is -2.27. The van der Waals surface area contributed by atoms with Crippen molar-refractivity contribution in [1.29, 1.82) is 0 Å². The SMILES string of the molecule is COc1ccc(C)cc1[C@H](C)NC(=O)c1ccc(F)c(F)c1. The number of nitrogens with one attached hydrogen (secondary N) is 1. The molecule has 0 saturated heterocycles. The molecule has 0 aliphatic carbocycles. The fraction of sp³-hybridized carbons (Fsp3) is 0.235. The van der Waals surface area contributed by atoms with Crippen LogP contribution >= 0.6 is 0 Å². The summed E-state index contributed by atoms with van der Waals surface area (Å²) in [6.07, 6.45) is 0. The minimum Gasteiger partial charge on any atom is -0.496 e. The average molecular weight is 305 g/mol. The number of aryl methyl sites for hydroxylation is 1. The zero-order valence-corrected chi connectivity index (χ0v) is 12.6. The van der Waals surface area contributed by atoms with Gasteiger partial charge >= 0.3 is 0 Å². The van der Waals surface area contributed by atoms with E-state index in [0.29, 0.717) is 5.75 Å². The van der Waals surface area contributed by atoms with Crippen molar-refractivity contribution >= 4 is 5.91 Å². The van der Waals surface area contributed by atoms with Crippen LogP contribution in [0.1, 0.15) is 34.5 Å². The van der Waals surface area contributed by atoms with Crippen LogP contribution in [0.25, 0.3) is 0 Å². The number of rotatable bonds is 4. The Kier molecular flexibility index (Phi) is 4.75. The molecule has 1 amide bonds. The largest absolute Gasteiger partial charge is 0.496 e. The minimum absolute atomic E-state index is 0.0670. The van der Waals surface area contributed by atoms with E-state index in [1.807, 2.05) is 25.1 Å². The van der Waals surface area contributed by atoms with Crippen molar-refractivity contribution in [2.75, 3.05) is 7.11 Å². The molecule has 0 spiro atoms. The summed E-state index contributed by atoms with van der Waals surface area (Å²) < 4.78 is 31.4. The van der Waals surface area contributed by atoms with Crippen molar-refractivity contribution in [3.05, 3.63) is 64.7 Å². The summed E-state index contributed by atoms with van der Waals surface area (Å²) in [5, 5.41) is 2.75. The Bertz CT molecular complexity index is 701. The molecule has 2 aromatic rings. The van der Waals surface area contributed by atoms with Gasteiger partial charge in [-0.25, -0.2) is 8.78 Å². The fourth-order valence-corrected chi connectivity index (χ4v) is 2.19. The highest BCUT2D eigenvalue weighted by molar-refractivity contribution is 5.94. The monoisotopic (exact) mass is 305 g/mol. The lowest BCUT2D eigenvalue weighted by Gasteiger charge is -2.18. The van der Waals surface area contributed by atoms with Gasteiger partial charge < -0.3 is 10.1 Å². The van der Waals surface area contributed by atoms with E-state index in [2.05, 4.69) is 5.32 Å². The summed E-state index contributed by atoms with van der Waals surface area (Å²) in [5.41, 5.74) is 1.92. The molecule has 2 rings (SSSR count). The molecule has 5 heteroatoms. The Balaban J connectivity index is 2.21. The lowest BCUT2D eigenvalue weighted by atomic mass is 10.0. The number of benzene rings is 2. The summed E-state index contributed by atoms with van der Waals surface area (Å²) in [4.78, 5) is 12.1. The third kappa shape index (κ3) is 3.42. The molecule has 0 saturated carbocycles. The molecule has 0 aromatic heterocycles. The van der Waals surface area contributed by atoms with Crippen LogP contribution < -0.4 is 10.1 Å². The van der Waals surface area contributed by atoms with Crippen molar-refractivity contribution < 1.29 is 18.3 Å². The van der Waals surface area contributed by atoms with Gasteiger partial charge in [-0.2, -0.15) is 0 Å². The highest BCUT2D eigenvalue weighted by Crippen LogP contribution is 2.26. The predicted molar refractivity (Wildman–Crippen MR) is 80.0 cm³/mol. The molecule has 1 N–H and O–H groups in total. The zero-order chi connectivity index (χ0) is 16.3. The van der Waals surface area contributed by atoms with Gasteiger partial charge in [0.2, 0.25) is 0 Å². The van der Waals surface area contributed by atoms with E-state index in [0.717, 1.165) is 23.3 Å². The van der Waals surface area contributed by atoms with Gasteiger partial charge in [0.1, 0.15) is 5.75 Å². The third-order valence-electron chi connectivity index (χ3n) is 3.38. The van der Waals surface area contributed by atoms with Crippen LogP contribution in [-0.2, 0) is 0 Å². The average Bonchev–Trinajstić information content (AvgIpc) is 2.49. The van der Waals surface area contributed by atoms with E-state index in [1.54, 1.807) is 14.0 Å². The number of carbonyl (C=O) groups is 1. The summed E-state index contributed by atoms with van der Waals surface area (Å²) in [5.74, 6) is -1.85. The number of hydrogen-bond donors (Lipinski definition) is 1. The number of halogens is 2. The Morgan fingerprint density at radius 2 is 1.86 bits per heavy atom. The number of ether oxygens (including phenoxy) is 1. The van der Waals surface area contributed by atoms with Crippen LogP contribution in [0.3, 0.4) is 0 Å². The first kappa shape index (κ1) is 15.9. The number of amides is 1. The number of methoxy groups -OCH3 is 1. The summed E-state index contributed by atoms with van der Waals surface area (Å²) >= 11 is 0. The molecule has 0 heterocycles. The Morgan fingerprint density at radius 1 is 1.14 bits per heavy atom. The van der Waals surface area contributed by atoms with Gasteiger partial charge in [-0.1, -0.05) is 17.7 Å². The summed E-state index contributed by atoms with van der Waals surface area (Å²) in [7, 11) is 1.55. The first-order chi connectivity index (χ1) is 10.4. The minimum atomic E-state index is -1.05. The highest BCUT2D eigenvalue weighted by Gasteiger charge is 2.16. The van der Waals surface area contributed by atoms with Crippen molar-refractivity contribution in [3.8, 4) is 5.75 Å². The van der Waals surface area contributed by atoms with Crippen LogP contribution in [0.4, 0.5) is 8.78 Å². The van der Waals surface area contributed by atoms with E-state index in [1.165, 1.54) is 6.07 Å². The number of carbonyl (C=O) groups excluding carboxylic acids is 1. The number of hydrogen-bond acceptors (Lipinski definition) is 2. The van der Waals surface area contributed by atoms with Gasteiger partial charge in [0, 0.05) is 11.1 Å². The molecule has 0 fully saturated rings. The van der Waals surface area contributed by atoms with E-state index < -0.39 is 17.5 Å². The molecule has 1 atom stereocenters. The van der Waals surface area contributed by atoms with E-state index >= 15 is 0 Å². The molecule has 116 valence electrons. The van der Waals surface area contributed by atoms with Crippen LogP contribution in [0.5, 0.6) is 5.75 Å². The topological polar surface area (TPSA) is 38.3 Å². The Hall–Kier alpha value is -2.43. The molecule has 2 aromatic carbocycles. The van der Waals surface area contributed by atoms with Gasteiger partial charge in [-0.3, -0.25) is 4.79 Å². The van der Waals surface area contributed by atoms with Gasteiger partial charge in [0.05, 0.1) is 13.2 Å². The Morgan fingerprint density at radius 3 is 2.50 bits per heavy atom. The molecule has 0 unspecified atom stereocenters. The van der Waals surface area contributed by atoms with Crippen LogP contribution in [0.15, 0.2) is 36.4 Å². The van der Waals surface area contributed by atoms with Crippen molar-refractivity contribution in [3.63, 3.8) is 0 Å². The van der Waals surface area contributed by atoms with Crippen molar-refractivity contribution in [2.45, 2.75) is 19.9 Å². The van der Waals surface area contributed by atoms with Crippen LogP contribution in [-0.4, -0.2) is 13.0 Å². The summed E-state index contributed by atoms with van der Waals surface area (Å²) in [6.45, 7) is 3.74. The van der Waals surface area contributed by atoms with E-state index in [-0.39, 0.29) is 11.6 Å². The second-order valence-corrected chi connectivity index (χ2v) is 5.07. The molecular formula is C17H17F2NO2. The Labute approximate surface area is 127 Å². The maximum Gasteiger partial charge on any atom is 0.251 e. The van der Waals surface area contributed by atoms with Gasteiger partial charge in [0.25, 0.3) is 5.91 Å². The van der Waals surface area contributed by atoms with Crippen LogP contribution in [0.2, 0.25) is 0 Å². The maximum atomic E-state index is 13.2. The lowest BCUT2D eigenvalue weighted by molar-refractivity contribution is 0.0939. The molecule has 0 aliphatic rings. The fourth-order valence-electron chi connectivity index (χ4n) is 2.19. The van der Waals surface area contributed by atoms with E-state index in [9.17, 15) is 13.6 Å². The van der Waals surface area contributed by atoms with Gasteiger partial charge in [-0.15, -0.1) is 0 Å². The molecule has 22 heavy (non-hydrogen) atoms. The van der Waals surface area contributed by atoms with Crippen molar-refractivity contribution in [2.24, 2.45) is 0 Å². The first-order valence-electron chi connectivity index (χ1n) is 6.83. The molecule has 0 aliphatic heterocycles. The third-order valence-corrected chi connectivity index (χ3v) is 3.38. The highest BCUT2D eigenvalue weighted by atomic mass is 19.2. The van der Waals surface area contributed by atoms with Gasteiger partial charge in [-0.05, 0) is 38.1 Å². The smallest absolute Gasteiger partial charge is 0.251 e. The van der Waals surface area contributed by atoms with E-state index in [4.69, 9.17) is 4.74 Å². The van der Waals surface area contributed by atoms with Crippen molar-refractivity contribution in [1.82, 2.24) is 5.32 Å². The normalized spacial score (nSPS) is 11.9. The molecule has 3 nitrogen and oxygen atoms in total. The quantitative estimate of drug-likeness (QED) is 0.933. The predicted octanol–water partition coefficient (Wildman–Crippen LogP) is 3.77. The van der Waals surface area contributed by atoms with Crippen LogP contribution in [0, 0.1) is 18.6 Å². The second-order valence-electron chi connectivity index (χ2n) is 5.07. The zero-order valence-electron chi connectivity index (χ0n) is 12.6. The summed E-state index contributed by atoms with van der Waals surface area (Å²) in [6, 6.07) is 8.36. The second kappa shape index (κ2) is 6.56. The van der Waals surface area contributed by atoms with Gasteiger partial charge in [0.15, 0.2) is 11.6 Å². The standard InChI is InChI=1S/C17H17F2NO2/c1-10-4-7-16(22-3)13(8-10)11(2)20-17(21)12-5-6-14(18)15(19)9-12/h4-9,11H,1-3H3,(H,20,21)/t11-/m0/s1. The molecular weight excluding hydrogens is 288 g/mol.